The minimum absolute atomic E-state index is 0.119. The molecule has 0 aliphatic carbocycles. The molecule has 20 heavy (non-hydrogen) atoms. The molecule has 2 rings (SSSR count). The predicted octanol–water partition coefficient (Wildman–Crippen LogP) is 2.40. The van der Waals surface area contributed by atoms with Crippen LogP contribution in [0.2, 0.25) is 0 Å². The summed E-state index contributed by atoms with van der Waals surface area (Å²) < 4.78 is 11.9. The standard InChI is InChI=1S/C15H22BNO3/c1-11-7-6-8-13(17-11)9-12(10-18)16-19-14(2,3)15(4,5)20-16/h6-9,18H,10H2,1-5H3. The number of hydrogen-bond donors (Lipinski definition) is 1. The van der Waals surface area contributed by atoms with Crippen molar-refractivity contribution in [2.45, 2.75) is 45.8 Å². The molecule has 0 spiro atoms. The van der Waals surface area contributed by atoms with Crippen molar-refractivity contribution in [2.24, 2.45) is 0 Å². The predicted molar refractivity (Wildman–Crippen MR) is 80.1 cm³/mol. The van der Waals surface area contributed by atoms with Crippen molar-refractivity contribution < 1.29 is 14.4 Å². The van der Waals surface area contributed by atoms with Crippen LogP contribution < -0.4 is 0 Å². The molecule has 0 radical (unpaired) electrons. The second kappa shape index (κ2) is 5.32. The molecule has 1 N–H and O–H groups in total. The second-order valence-corrected chi connectivity index (χ2v) is 6.17. The average molecular weight is 275 g/mol. The number of aliphatic hydroxyl groups excluding tert-OH is 1. The third-order valence-corrected chi connectivity index (χ3v) is 3.98. The van der Waals surface area contributed by atoms with Gasteiger partial charge in [-0.25, -0.2) is 0 Å². The van der Waals surface area contributed by atoms with E-state index < -0.39 is 18.3 Å². The first-order chi connectivity index (χ1) is 9.25. The van der Waals surface area contributed by atoms with Crippen LogP contribution in [0.1, 0.15) is 39.1 Å². The van der Waals surface area contributed by atoms with Crippen LogP contribution in [0.3, 0.4) is 0 Å². The second-order valence-electron chi connectivity index (χ2n) is 6.17. The smallest absolute Gasteiger partial charge is 0.400 e. The number of aryl methyl sites for hydroxylation is 1. The molecule has 108 valence electrons. The Kier molecular flexibility index (Phi) is 4.05. The van der Waals surface area contributed by atoms with E-state index in [4.69, 9.17) is 9.31 Å². The van der Waals surface area contributed by atoms with Crippen molar-refractivity contribution in [3.8, 4) is 0 Å². The van der Waals surface area contributed by atoms with Gasteiger partial charge in [0.05, 0.1) is 23.5 Å². The number of hydrogen-bond acceptors (Lipinski definition) is 4. The third-order valence-electron chi connectivity index (χ3n) is 3.98. The van der Waals surface area contributed by atoms with Gasteiger partial charge in [-0.05, 0) is 58.3 Å². The molecule has 1 aliphatic heterocycles. The SMILES string of the molecule is Cc1cccc(C=C(CO)B2OC(C)(C)C(C)(C)O2)n1. The molecule has 1 aliphatic rings. The largest absolute Gasteiger partial charge is 0.492 e. The van der Waals surface area contributed by atoms with E-state index in [0.29, 0.717) is 5.47 Å². The Morgan fingerprint density at radius 1 is 1.25 bits per heavy atom. The zero-order valence-corrected chi connectivity index (χ0v) is 12.8. The number of nitrogens with zero attached hydrogens (tertiary/aromatic N) is 1. The third kappa shape index (κ3) is 2.95. The lowest BCUT2D eigenvalue weighted by Crippen LogP contribution is -2.41. The molecular formula is C15H22BNO3. The minimum Gasteiger partial charge on any atom is -0.400 e. The van der Waals surface area contributed by atoms with Gasteiger partial charge in [0.2, 0.25) is 0 Å². The number of aliphatic hydroxyl groups is 1. The quantitative estimate of drug-likeness (QED) is 0.860. The van der Waals surface area contributed by atoms with Gasteiger partial charge in [0.1, 0.15) is 0 Å². The Morgan fingerprint density at radius 3 is 2.35 bits per heavy atom. The molecule has 1 aromatic heterocycles. The van der Waals surface area contributed by atoms with Crippen LogP contribution >= 0.6 is 0 Å². The Balaban J connectivity index is 2.26. The van der Waals surface area contributed by atoms with Crippen LogP contribution in [0.15, 0.2) is 23.7 Å². The summed E-state index contributed by atoms with van der Waals surface area (Å²) in [5.74, 6) is 0. The highest BCUT2D eigenvalue weighted by Gasteiger charge is 2.52. The summed E-state index contributed by atoms with van der Waals surface area (Å²) in [7, 11) is -0.535. The fourth-order valence-corrected chi connectivity index (χ4v) is 2.02. The van der Waals surface area contributed by atoms with Gasteiger partial charge in [-0.2, -0.15) is 0 Å². The van der Waals surface area contributed by atoms with E-state index >= 15 is 0 Å². The molecule has 4 nitrogen and oxygen atoms in total. The first kappa shape index (κ1) is 15.2. The van der Waals surface area contributed by atoms with E-state index in [1.165, 1.54) is 0 Å². The van der Waals surface area contributed by atoms with Crippen LogP contribution in [0.4, 0.5) is 0 Å². The molecule has 0 aromatic carbocycles. The summed E-state index contributed by atoms with van der Waals surface area (Å²) in [5, 5.41) is 9.60. The summed E-state index contributed by atoms with van der Waals surface area (Å²) in [4.78, 5) is 4.41. The van der Waals surface area contributed by atoms with Gasteiger partial charge < -0.3 is 14.4 Å². The molecule has 5 heteroatoms. The summed E-state index contributed by atoms with van der Waals surface area (Å²) >= 11 is 0. The molecule has 0 unspecified atom stereocenters. The maximum absolute atomic E-state index is 9.60. The Bertz CT molecular complexity index is 510. The molecule has 1 saturated heterocycles. The normalized spacial score (nSPS) is 21.3. The van der Waals surface area contributed by atoms with Crippen molar-refractivity contribution >= 4 is 13.2 Å². The average Bonchev–Trinajstić information content (AvgIpc) is 2.55. The zero-order chi connectivity index (χ0) is 15.0. The topological polar surface area (TPSA) is 51.6 Å². The zero-order valence-electron chi connectivity index (χ0n) is 12.8. The molecule has 0 amide bonds. The van der Waals surface area contributed by atoms with Crippen molar-refractivity contribution in [2.75, 3.05) is 6.61 Å². The highest BCUT2D eigenvalue weighted by atomic mass is 16.7. The van der Waals surface area contributed by atoms with Gasteiger partial charge in [-0.15, -0.1) is 0 Å². The van der Waals surface area contributed by atoms with Gasteiger partial charge in [0.15, 0.2) is 0 Å². The molecule has 1 aromatic rings. The Labute approximate surface area is 121 Å². The van der Waals surface area contributed by atoms with Crippen LogP contribution in [0, 0.1) is 6.92 Å². The molecular weight excluding hydrogens is 253 g/mol. The van der Waals surface area contributed by atoms with Crippen molar-refractivity contribution in [1.82, 2.24) is 4.98 Å². The van der Waals surface area contributed by atoms with E-state index in [1.54, 1.807) is 0 Å². The number of aromatic nitrogens is 1. The molecule has 2 heterocycles. The van der Waals surface area contributed by atoms with Crippen molar-refractivity contribution in [3.05, 3.63) is 35.1 Å². The van der Waals surface area contributed by atoms with Gasteiger partial charge >= 0.3 is 7.12 Å². The summed E-state index contributed by atoms with van der Waals surface area (Å²) in [6.45, 7) is 9.79. The summed E-state index contributed by atoms with van der Waals surface area (Å²) in [5.41, 5.74) is 1.59. The van der Waals surface area contributed by atoms with Crippen LogP contribution in [0.25, 0.3) is 6.08 Å². The lowest BCUT2D eigenvalue weighted by Gasteiger charge is -2.32. The van der Waals surface area contributed by atoms with Gasteiger partial charge in [0, 0.05) is 5.69 Å². The number of rotatable bonds is 3. The highest BCUT2D eigenvalue weighted by molar-refractivity contribution is 6.55. The lowest BCUT2D eigenvalue weighted by atomic mass is 9.78. The van der Waals surface area contributed by atoms with E-state index in [2.05, 4.69) is 4.98 Å². The fraction of sp³-hybridized carbons (Fsp3) is 0.533. The summed E-state index contributed by atoms with van der Waals surface area (Å²) in [6, 6.07) is 5.77. The van der Waals surface area contributed by atoms with E-state index in [9.17, 15) is 5.11 Å². The van der Waals surface area contributed by atoms with E-state index in [-0.39, 0.29) is 6.61 Å². The first-order valence-corrected chi connectivity index (χ1v) is 6.86. The Hall–Kier alpha value is -1.17. The van der Waals surface area contributed by atoms with E-state index in [0.717, 1.165) is 11.4 Å². The van der Waals surface area contributed by atoms with Crippen molar-refractivity contribution in [1.29, 1.82) is 0 Å². The van der Waals surface area contributed by atoms with Crippen molar-refractivity contribution in [3.63, 3.8) is 0 Å². The maximum Gasteiger partial charge on any atom is 0.492 e. The highest BCUT2D eigenvalue weighted by Crippen LogP contribution is 2.38. The summed E-state index contributed by atoms with van der Waals surface area (Å²) in [6.07, 6.45) is 1.83. The molecule has 0 atom stereocenters. The fourth-order valence-electron chi connectivity index (χ4n) is 2.02. The maximum atomic E-state index is 9.60. The molecule has 1 fully saturated rings. The Morgan fingerprint density at radius 2 is 1.85 bits per heavy atom. The van der Waals surface area contributed by atoms with Crippen LogP contribution in [-0.4, -0.2) is 35.0 Å². The van der Waals surface area contributed by atoms with Gasteiger partial charge in [-0.1, -0.05) is 6.07 Å². The van der Waals surface area contributed by atoms with E-state index in [1.807, 2.05) is 58.9 Å². The first-order valence-electron chi connectivity index (χ1n) is 6.86. The minimum atomic E-state index is -0.535. The monoisotopic (exact) mass is 275 g/mol. The lowest BCUT2D eigenvalue weighted by molar-refractivity contribution is 0.00578. The number of pyridine rings is 1. The van der Waals surface area contributed by atoms with Gasteiger partial charge in [0.25, 0.3) is 0 Å². The van der Waals surface area contributed by atoms with Crippen LogP contribution in [0.5, 0.6) is 0 Å². The molecule has 0 saturated carbocycles. The molecule has 0 bridgehead atoms. The van der Waals surface area contributed by atoms with Gasteiger partial charge in [-0.3, -0.25) is 4.98 Å². The van der Waals surface area contributed by atoms with Crippen LogP contribution in [-0.2, 0) is 9.31 Å².